The van der Waals surface area contributed by atoms with Gasteiger partial charge < -0.3 is 4.90 Å². The first kappa shape index (κ1) is 13.6. The van der Waals surface area contributed by atoms with E-state index in [-0.39, 0.29) is 0 Å². The first-order valence-corrected chi connectivity index (χ1v) is 6.46. The average Bonchev–Trinajstić information content (AvgIpc) is 2.36. The van der Waals surface area contributed by atoms with E-state index in [0.29, 0.717) is 10.6 Å². The van der Waals surface area contributed by atoms with E-state index in [0.717, 1.165) is 17.7 Å². The lowest BCUT2D eigenvalue weighted by atomic mass is 10.1. The summed E-state index contributed by atoms with van der Waals surface area (Å²) in [6.07, 6.45) is 0.767. The molecule has 0 saturated carbocycles. The molecule has 0 fully saturated rings. The molecule has 19 heavy (non-hydrogen) atoms. The molecule has 0 saturated heterocycles. The van der Waals surface area contributed by atoms with Gasteiger partial charge in [-0.3, -0.25) is 4.79 Å². The molecule has 0 unspecified atom stereocenters. The fraction of sp³-hybridized carbons (Fsp3) is 0.188. The van der Waals surface area contributed by atoms with E-state index in [1.807, 2.05) is 19.2 Å². The van der Waals surface area contributed by atoms with Crippen LogP contribution in [0.2, 0.25) is 5.02 Å². The summed E-state index contributed by atoms with van der Waals surface area (Å²) in [5.74, 6) is 0. The third-order valence-electron chi connectivity index (χ3n) is 3.09. The molecule has 0 bridgehead atoms. The first-order chi connectivity index (χ1) is 9.01. The van der Waals surface area contributed by atoms with Crippen molar-refractivity contribution in [1.82, 2.24) is 0 Å². The van der Waals surface area contributed by atoms with Gasteiger partial charge in [-0.1, -0.05) is 17.7 Å². The van der Waals surface area contributed by atoms with Crippen LogP contribution < -0.4 is 4.90 Å². The maximum absolute atomic E-state index is 10.8. The van der Waals surface area contributed by atoms with E-state index in [4.69, 9.17) is 11.6 Å². The zero-order valence-corrected chi connectivity index (χ0v) is 12.0. The Labute approximate surface area is 118 Å². The molecule has 0 aromatic heterocycles. The highest BCUT2D eigenvalue weighted by Gasteiger charge is 2.07. The van der Waals surface area contributed by atoms with Crippen molar-refractivity contribution in [3.8, 4) is 0 Å². The van der Waals surface area contributed by atoms with Crippen molar-refractivity contribution in [2.45, 2.75) is 13.8 Å². The molecule has 0 aliphatic carbocycles. The Bertz CT molecular complexity index is 602. The second-order valence-electron chi connectivity index (χ2n) is 4.73. The zero-order valence-electron chi connectivity index (χ0n) is 11.3. The minimum Gasteiger partial charge on any atom is -0.345 e. The standard InChI is InChI=1S/C16H16ClNO/c1-11-6-12(2)8-15(7-11)18(3)14-5-4-13(10-19)16(17)9-14/h4-10H,1-3H3. The number of aryl methyl sites for hydroxylation is 2. The molecule has 3 heteroatoms. The van der Waals surface area contributed by atoms with Gasteiger partial charge in [0.05, 0.1) is 5.02 Å². The van der Waals surface area contributed by atoms with Gasteiger partial charge in [0.15, 0.2) is 6.29 Å². The van der Waals surface area contributed by atoms with Crippen molar-refractivity contribution in [2.75, 3.05) is 11.9 Å². The highest BCUT2D eigenvalue weighted by atomic mass is 35.5. The molecule has 0 N–H and O–H groups in total. The third-order valence-corrected chi connectivity index (χ3v) is 3.42. The summed E-state index contributed by atoms with van der Waals surface area (Å²) in [4.78, 5) is 12.8. The molecule has 98 valence electrons. The van der Waals surface area contributed by atoms with Gasteiger partial charge in [0.1, 0.15) is 0 Å². The molecule has 0 heterocycles. The van der Waals surface area contributed by atoms with Gasteiger partial charge in [-0.15, -0.1) is 0 Å². The number of carbonyl (C=O) groups is 1. The Kier molecular flexibility index (Phi) is 3.91. The highest BCUT2D eigenvalue weighted by molar-refractivity contribution is 6.33. The topological polar surface area (TPSA) is 20.3 Å². The van der Waals surface area contributed by atoms with E-state index in [2.05, 4.69) is 36.9 Å². The fourth-order valence-electron chi connectivity index (χ4n) is 2.11. The fourth-order valence-corrected chi connectivity index (χ4v) is 2.33. The van der Waals surface area contributed by atoms with Crippen LogP contribution in [0.1, 0.15) is 21.5 Å². The first-order valence-electron chi connectivity index (χ1n) is 6.08. The normalized spacial score (nSPS) is 10.3. The van der Waals surface area contributed by atoms with Crippen molar-refractivity contribution in [3.63, 3.8) is 0 Å². The van der Waals surface area contributed by atoms with Gasteiger partial charge in [-0.05, 0) is 55.3 Å². The van der Waals surface area contributed by atoms with Crippen LogP contribution in [0.3, 0.4) is 0 Å². The SMILES string of the molecule is Cc1cc(C)cc(N(C)c2ccc(C=O)c(Cl)c2)c1. The van der Waals surface area contributed by atoms with E-state index in [9.17, 15) is 4.79 Å². The average molecular weight is 274 g/mol. The Morgan fingerprint density at radius 2 is 1.63 bits per heavy atom. The monoisotopic (exact) mass is 273 g/mol. The van der Waals surface area contributed by atoms with Crippen LogP contribution in [-0.2, 0) is 0 Å². The number of rotatable bonds is 3. The van der Waals surface area contributed by atoms with E-state index in [1.54, 1.807) is 6.07 Å². The van der Waals surface area contributed by atoms with Crippen LogP contribution >= 0.6 is 11.6 Å². The lowest BCUT2D eigenvalue weighted by Crippen LogP contribution is -2.10. The lowest BCUT2D eigenvalue weighted by molar-refractivity contribution is 0.112. The predicted octanol–water partition coefficient (Wildman–Crippen LogP) is 4.54. The molecule has 0 atom stereocenters. The van der Waals surface area contributed by atoms with Crippen molar-refractivity contribution in [2.24, 2.45) is 0 Å². The number of halogens is 1. The van der Waals surface area contributed by atoms with Gasteiger partial charge >= 0.3 is 0 Å². The van der Waals surface area contributed by atoms with E-state index < -0.39 is 0 Å². The Morgan fingerprint density at radius 1 is 1.00 bits per heavy atom. The van der Waals surface area contributed by atoms with Crippen molar-refractivity contribution in [1.29, 1.82) is 0 Å². The molecule has 0 spiro atoms. The number of nitrogens with zero attached hydrogens (tertiary/aromatic N) is 1. The van der Waals surface area contributed by atoms with Crippen LogP contribution in [0, 0.1) is 13.8 Å². The molecule has 0 radical (unpaired) electrons. The van der Waals surface area contributed by atoms with Gasteiger partial charge in [0, 0.05) is 24.0 Å². The summed E-state index contributed by atoms with van der Waals surface area (Å²) in [6.45, 7) is 4.15. The maximum Gasteiger partial charge on any atom is 0.151 e. The maximum atomic E-state index is 10.8. The number of benzene rings is 2. The van der Waals surface area contributed by atoms with E-state index in [1.165, 1.54) is 11.1 Å². The largest absolute Gasteiger partial charge is 0.345 e. The van der Waals surface area contributed by atoms with Crippen LogP contribution in [0.4, 0.5) is 11.4 Å². The molecule has 2 aromatic carbocycles. The molecule has 2 nitrogen and oxygen atoms in total. The molecular weight excluding hydrogens is 258 g/mol. The predicted molar refractivity (Wildman–Crippen MR) is 80.8 cm³/mol. The highest BCUT2D eigenvalue weighted by Crippen LogP contribution is 2.28. The summed E-state index contributed by atoms with van der Waals surface area (Å²) in [5, 5.41) is 0.476. The Balaban J connectivity index is 2.40. The smallest absolute Gasteiger partial charge is 0.151 e. The second kappa shape index (κ2) is 5.45. The third kappa shape index (κ3) is 2.96. The van der Waals surface area contributed by atoms with Gasteiger partial charge in [0.2, 0.25) is 0 Å². The molecule has 0 amide bonds. The number of hydrogen-bond acceptors (Lipinski definition) is 2. The van der Waals surface area contributed by atoms with Crippen molar-refractivity contribution in [3.05, 3.63) is 58.1 Å². The van der Waals surface area contributed by atoms with Crippen molar-refractivity contribution >= 4 is 29.3 Å². The van der Waals surface area contributed by atoms with Gasteiger partial charge in [0.25, 0.3) is 0 Å². The quantitative estimate of drug-likeness (QED) is 0.766. The second-order valence-corrected chi connectivity index (χ2v) is 5.14. The van der Waals surface area contributed by atoms with Crippen LogP contribution in [0.5, 0.6) is 0 Å². The molecule has 2 aromatic rings. The van der Waals surface area contributed by atoms with Crippen LogP contribution in [-0.4, -0.2) is 13.3 Å². The number of aldehydes is 1. The summed E-state index contributed by atoms with van der Waals surface area (Å²) >= 11 is 6.07. The number of anilines is 2. The van der Waals surface area contributed by atoms with Crippen LogP contribution in [0.15, 0.2) is 36.4 Å². The minimum atomic E-state index is 0.476. The van der Waals surface area contributed by atoms with Crippen LogP contribution in [0.25, 0.3) is 0 Å². The summed E-state index contributed by atoms with van der Waals surface area (Å²) in [7, 11) is 1.99. The zero-order chi connectivity index (χ0) is 14.0. The summed E-state index contributed by atoms with van der Waals surface area (Å²) in [6, 6.07) is 11.8. The van der Waals surface area contributed by atoms with Gasteiger partial charge in [-0.2, -0.15) is 0 Å². The molecular formula is C16H16ClNO. The Hall–Kier alpha value is -1.80. The Morgan fingerprint density at radius 3 is 2.16 bits per heavy atom. The molecule has 2 rings (SSSR count). The number of hydrogen-bond donors (Lipinski definition) is 0. The minimum absolute atomic E-state index is 0.476. The van der Waals surface area contributed by atoms with Gasteiger partial charge in [-0.25, -0.2) is 0 Å². The lowest BCUT2D eigenvalue weighted by Gasteiger charge is -2.21. The van der Waals surface area contributed by atoms with Crippen molar-refractivity contribution < 1.29 is 4.79 Å². The summed E-state index contributed by atoms with van der Waals surface area (Å²) < 4.78 is 0. The molecule has 0 aliphatic rings. The van der Waals surface area contributed by atoms with E-state index >= 15 is 0 Å². The molecule has 0 aliphatic heterocycles. The summed E-state index contributed by atoms with van der Waals surface area (Å²) in [5.41, 5.74) is 5.02. The number of carbonyl (C=O) groups excluding carboxylic acids is 1.